The third kappa shape index (κ3) is 21.2. The van der Waals surface area contributed by atoms with Crippen LogP contribution in [-0.2, 0) is 25.2 Å². The van der Waals surface area contributed by atoms with Crippen LogP contribution >= 0.6 is 45.3 Å². The third-order valence-electron chi connectivity index (χ3n) is 17.3. The molecule has 8 aliphatic rings. The van der Waals surface area contributed by atoms with Gasteiger partial charge in [-0.05, 0) is 137 Å². The number of benzene rings is 8. The van der Waals surface area contributed by atoms with Crippen molar-refractivity contribution in [3.05, 3.63) is 164 Å². The molecule has 0 radical (unpaired) electrons. The van der Waals surface area contributed by atoms with Gasteiger partial charge in [-0.15, -0.1) is 45.3 Å². The summed E-state index contributed by atoms with van der Waals surface area (Å²) < 4.78 is 93.6. The number of hydrogen-bond acceptors (Lipinski definition) is 12. The van der Waals surface area contributed by atoms with Crippen molar-refractivity contribution in [2.75, 3.05) is 130 Å². The molecular formula is C79H102Cl4F6N12S4. The second-order valence-corrected chi connectivity index (χ2v) is 29.7. The van der Waals surface area contributed by atoms with Gasteiger partial charge in [-0.3, -0.25) is 0 Å². The number of anilines is 4. The number of aryl methyl sites for hydroxylation is 4. The molecule has 0 N–H and O–H groups in total. The van der Waals surface area contributed by atoms with Crippen LogP contribution in [-0.4, -0.2) is 131 Å². The molecule has 0 atom stereocenters. The van der Waals surface area contributed by atoms with Crippen LogP contribution < -0.4 is 109 Å². The van der Waals surface area contributed by atoms with Crippen molar-refractivity contribution in [3.8, 4) is 42.3 Å². The summed E-state index contributed by atoms with van der Waals surface area (Å²) in [5.41, 5.74) is 12.8. The highest BCUT2D eigenvalue weighted by atomic mass is 35.5. The van der Waals surface area contributed by atoms with Gasteiger partial charge in [0.25, 0.3) is 0 Å². The van der Waals surface area contributed by atoms with Crippen LogP contribution in [0.1, 0.15) is 97.2 Å². The van der Waals surface area contributed by atoms with Gasteiger partial charge in [-0.2, -0.15) is 26.3 Å². The van der Waals surface area contributed by atoms with Crippen LogP contribution in [0.25, 0.3) is 83.2 Å². The molecule has 12 rings (SSSR count). The second-order valence-electron chi connectivity index (χ2n) is 25.4. The molecule has 0 saturated carbocycles. The SMILES string of the molecule is C.C.C.CCc1cc(=[N+](CC)CC)cc2sc3cc(N(CC)CC)cc(CC)c3nc1-2.CN(C)c1cc(C(F)(F)F)c2nc3c(C(F)(F)F)cc(=[N+](C)C)cc-3sc2c1.Cc1cc(=[N+]([13CH3])[13CH3])cc2sc3cc(N([13CH3])[13CH3])cc(C)c3nc1-2.[13CH3]N([13CH3])c1ccc2nc3ccc(=[N+]([13CH3])[13CH3])cc-3sc2c1.[Cl-].[Cl-].[Cl-].[Cl-]. The highest BCUT2D eigenvalue weighted by Crippen LogP contribution is 2.45. The number of nitrogens with zero attached hydrogens (tertiary/aromatic N) is 12. The summed E-state index contributed by atoms with van der Waals surface area (Å²) >= 11 is 6.38. The topological polar surface area (TPSA) is 76.6 Å². The average molecular weight is 1610 g/mol. The van der Waals surface area contributed by atoms with Crippen molar-refractivity contribution < 1.29 is 76.0 Å². The van der Waals surface area contributed by atoms with Crippen molar-refractivity contribution >= 4 is 109 Å². The van der Waals surface area contributed by atoms with Gasteiger partial charge in [-0.25, -0.2) is 38.2 Å². The molecule has 4 aliphatic carbocycles. The number of rotatable bonds is 10. The molecule has 0 aromatic heterocycles. The van der Waals surface area contributed by atoms with E-state index in [1.165, 1.54) is 117 Å². The quantitative estimate of drug-likeness (QED) is 0.0796. The van der Waals surface area contributed by atoms with Crippen molar-refractivity contribution in [2.45, 2.75) is 103 Å². The molecule has 0 bridgehead atoms. The van der Waals surface area contributed by atoms with E-state index < -0.39 is 34.7 Å². The largest absolute Gasteiger partial charge is 1.00 e. The zero-order chi connectivity index (χ0) is 71.6. The summed E-state index contributed by atoms with van der Waals surface area (Å²) in [6.07, 6.45) is -7.48. The fourth-order valence-corrected chi connectivity index (χ4v) is 16.1. The summed E-state index contributed by atoms with van der Waals surface area (Å²) in [6.45, 7) is 21.8. The van der Waals surface area contributed by atoms with E-state index in [9.17, 15) is 26.3 Å². The van der Waals surface area contributed by atoms with E-state index in [2.05, 4.69) is 230 Å². The molecule has 0 saturated heterocycles. The molecule has 4 aromatic rings. The van der Waals surface area contributed by atoms with Gasteiger partial charge >= 0.3 is 12.4 Å². The summed E-state index contributed by atoms with van der Waals surface area (Å²) in [6, 6.07) is 35.9. The Hall–Kier alpha value is -7.02. The molecule has 4 aromatic carbocycles. The average Bonchev–Trinajstić information content (AvgIpc) is 0.759. The molecule has 4 aliphatic heterocycles. The van der Waals surface area contributed by atoms with Gasteiger partial charge in [0.05, 0.1) is 94.3 Å². The molecule has 0 fully saturated rings. The Balaban J connectivity index is 0.000000469. The van der Waals surface area contributed by atoms with Gasteiger partial charge < -0.3 is 69.2 Å². The van der Waals surface area contributed by atoms with Crippen LogP contribution in [0.3, 0.4) is 0 Å². The maximum absolute atomic E-state index is 13.6. The molecule has 0 spiro atoms. The number of halogens is 10. The van der Waals surface area contributed by atoms with E-state index in [1.807, 2.05) is 22.7 Å². The van der Waals surface area contributed by atoms with Gasteiger partial charge in [0, 0.05) is 127 Å². The van der Waals surface area contributed by atoms with Gasteiger partial charge in [0.2, 0.25) is 21.4 Å². The fourth-order valence-electron chi connectivity index (χ4n) is 11.6. The number of hydrogen-bond donors (Lipinski definition) is 0. The normalized spacial score (nSPS) is 10.8. The standard InChI is InChI=1S/C24H34N3S.C18H16F6N3S.C18H22N3S.C16H18N3S.3CH4.4ClH/c1-7-17-13-19(26(9-3)10-4)15-21-23(17)25-24-18(8-2)14-20(16-22(24)28-21)27(11-5)12-6;1-26(2)9-5-11(17(19,20)21)15-13(7-9)28-14-8-10(27(3)4)6-12(16(14)25-15)18(22,23)24;1-11-7-13(20(3)4)9-15-17(11)19-18-12(2)8-14(21(5)6)10-16(18)22-15;1-18(2)11-5-7-13-15(9-11)20-16-10-12(19(3)4)6-8-14(16)17-13;;;;;;;/h13-16H,7-12H2,1-6H3;5-8H,1-4H3;7-10H,1-6H3;5-10H,1-4H3;3*1H4;4*1H/q4*+1;;;;;;;/p-4/i;;3+1,4+1,5+1,6+1;1+1,2+1,3+1,4+1;;;;;;;. The predicted octanol–water partition coefficient (Wildman–Crippen LogP) is 5.26. The van der Waals surface area contributed by atoms with Crippen molar-refractivity contribution in [1.82, 2.24) is 38.2 Å². The lowest BCUT2D eigenvalue weighted by Crippen LogP contribution is -3.00. The molecule has 26 heteroatoms. The third-order valence-corrected chi connectivity index (χ3v) is 21.6. The Kier molecular flexibility index (Phi) is 35.1. The van der Waals surface area contributed by atoms with E-state index in [0.29, 0.717) is 0 Å². The Labute approximate surface area is 657 Å². The fraction of sp³-hybridized carbons (Fsp3) is 0.392. The van der Waals surface area contributed by atoms with Crippen LogP contribution in [0, 0.1) is 13.8 Å². The molecular weight excluding hydrogens is 1510 g/mol. The summed E-state index contributed by atoms with van der Waals surface area (Å²) in [5, 5.41) is 4.04. The zero-order valence-corrected chi connectivity index (χ0v) is 67.7. The van der Waals surface area contributed by atoms with Gasteiger partial charge in [-0.1, -0.05) is 36.1 Å². The Morgan fingerprint density at radius 1 is 0.381 bits per heavy atom. The first kappa shape index (κ1) is 94.1. The monoisotopic (exact) mass is 1610 g/mol. The Morgan fingerprint density at radius 2 is 0.829 bits per heavy atom. The first-order valence-corrected chi connectivity index (χ1v) is 36.1. The Bertz CT molecular complexity index is 5100. The minimum atomic E-state index is -4.75. The zero-order valence-electron chi connectivity index (χ0n) is 61.4. The van der Waals surface area contributed by atoms with Crippen molar-refractivity contribution in [2.24, 2.45) is 0 Å². The molecule has 0 amide bonds. The van der Waals surface area contributed by atoms with Crippen molar-refractivity contribution in [1.29, 1.82) is 0 Å². The Morgan fingerprint density at radius 3 is 1.34 bits per heavy atom. The van der Waals surface area contributed by atoms with E-state index in [4.69, 9.17) is 15.0 Å². The minimum absolute atomic E-state index is 0. The summed E-state index contributed by atoms with van der Waals surface area (Å²) in [4.78, 5) is 30.9. The molecule has 105 heavy (non-hydrogen) atoms. The van der Waals surface area contributed by atoms with E-state index in [0.717, 1.165) is 84.9 Å². The van der Waals surface area contributed by atoms with Crippen LogP contribution in [0.5, 0.6) is 0 Å². The van der Waals surface area contributed by atoms with Gasteiger partial charge in [0.15, 0.2) is 0 Å². The van der Waals surface area contributed by atoms with Gasteiger partial charge in [0.1, 0.15) is 55.4 Å². The number of aromatic nitrogens is 4. The molecule has 572 valence electrons. The lowest BCUT2D eigenvalue weighted by Gasteiger charge is -2.23. The van der Waals surface area contributed by atoms with Crippen LogP contribution in [0.15, 0.2) is 109 Å². The van der Waals surface area contributed by atoms with Crippen molar-refractivity contribution in [3.63, 3.8) is 0 Å². The number of fused-ring (bicyclic) bond motifs is 8. The number of alkyl halides is 6. The molecule has 0 unspecified atom stereocenters. The molecule has 4 heterocycles. The maximum atomic E-state index is 13.6. The van der Waals surface area contributed by atoms with Crippen LogP contribution in [0.2, 0.25) is 0 Å². The summed E-state index contributed by atoms with van der Waals surface area (Å²) in [5.74, 6) is 0. The van der Waals surface area contributed by atoms with E-state index >= 15 is 0 Å². The smallest absolute Gasteiger partial charge is 0.418 e. The molecule has 12 nitrogen and oxygen atoms in total. The first-order chi connectivity index (χ1) is 46.3. The highest BCUT2D eigenvalue weighted by Gasteiger charge is 2.39. The maximum Gasteiger partial charge on any atom is 0.418 e. The van der Waals surface area contributed by atoms with E-state index in [-0.39, 0.29) is 92.5 Å². The highest BCUT2D eigenvalue weighted by molar-refractivity contribution is 7.22. The van der Waals surface area contributed by atoms with E-state index in [1.54, 1.807) is 39.5 Å². The summed E-state index contributed by atoms with van der Waals surface area (Å²) in [7, 11) is 22.9. The van der Waals surface area contributed by atoms with Crippen LogP contribution in [0.4, 0.5) is 49.1 Å². The lowest BCUT2D eigenvalue weighted by molar-refractivity contribution is -0.137. The minimum Gasteiger partial charge on any atom is -1.00 e. The lowest BCUT2D eigenvalue weighted by atomic mass is 10.1. The second kappa shape index (κ2) is 39.2. The predicted molar refractivity (Wildman–Crippen MR) is 428 cm³/mol. The first-order valence-electron chi connectivity index (χ1n) is 32.8.